The fourth-order valence-corrected chi connectivity index (χ4v) is 10.9. The molecule has 0 aliphatic heterocycles. The Labute approximate surface area is 441 Å². The molecule has 1 heteroatoms. The zero-order valence-electron chi connectivity index (χ0n) is 43.7. The summed E-state index contributed by atoms with van der Waals surface area (Å²) < 4.78 is 6.66. The quantitative estimate of drug-likeness (QED) is 0.0782. The molecule has 0 radical (unpaired) electrons. The van der Waals surface area contributed by atoms with Crippen LogP contribution in [0.5, 0.6) is 0 Å². The first-order chi connectivity index (χ1) is 36.5. The van der Waals surface area contributed by atoms with Crippen LogP contribution in [0.15, 0.2) is 186 Å². The predicted octanol–water partition coefficient (Wildman–Crippen LogP) is 20.4. The Hall–Kier alpha value is -7.84. The van der Waals surface area contributed by atoms with E-state index in [0.29, 0.717) is 0 Å². The third-order valence-electron chi connectivity index (χ3n) is 15.3. The maximum absolute atomic E-state index is 6.66. The lowest BCUT2D eigenvalue weighted by Crippen LogP contribution is -1.96. The van der Waals surface area contributed by atoms with Crippen molar-refractivity contribution in [2.75, 3.05) is 0 Å². The largest absolute Gasteiger partial charge is 0.452 e. The molecule has 9 aromatic rings. The van der Waals surface area contributed by atoms with Gasteiger partial charge in [0.15, 0.2) is 5.76 Å². The number of unbranched alkanes of at least 4 members (excludes halogenated alkanes) is 10. The van der Waals surface area contributed by atoms with E-state index in [2.05, 4.69) is 221 Å². The molecular weight excluding hydrogens is 893 g/mol. The van der Waals surface area contributed by atoms with Crippen LogP contribution in [-0.4, -0.2) is 0 Å². The minimum atomic E-state index is 0.850. The topological polar surface area (TPSA) is 13.1 Å². The van der Waals surface area contributed by atoms with Crippen molar-refractivity contribution in [3.05, 3.63) is 216 Å². The fraction of sp³-hybridized carbons (Fsp3) is 0.233. The van der Waals surface area contributed by atoms with Gasteiger partial charge in [0, 0.05) is 16.7 Å². The van der Waals surface area contributed by atoms with Crippen LogP contribution in [0.1, 0.15) is 125 Å². The van der Waals surface area contributed by atoms with Crippen molar-refractivity contribution in [1.82, 2.24) is 0 Å². The molecule has 1 heterocycles. The molecule has 0 amide bonds. The van der Waals surface area contributed by atoms with Crippen LogP contribution in [0.2, 0.25) is 0 Å². The van der Waals surface area contributed by atoms with Gasteiger partial charge in [-0.25, -0.2) is 0 Å². The molecule has 8 aromatic carbocycles. The Morgan fingerprint density at radius 1 is 0.324 bits per heavy atom. The molecule has 0 spiro atoms. The van der Waals surface area contributed by atoms with Crippen molar-refractivity contribution in [3.8, 4) is 113 Å². The second-order valence-electron chi connectivity index (χ2n) is 20.4. The van der Waals surface area contributed by atoms with Crippen LogP contribution in [0.25, 0.3) is 89.0 Å². The fourth-order valence-electron chi connectivity index (χ4n) is 10.9. The standard InChI is InChI=1S/C73H68O/c1-5-8-10-12-14-16-18-69-52(4)74-73(72(69)19-17-15-13-11-9-6-2)49-46-68-51-67-45-48-71(68)65-42-38-61(39-43-65)57-26-22-54(23-27-57)58-28-32-62(33-29-58)66-44-47-70(53(7-3)50-66)64-40-36-60(37-41-64)56-24-20-55(21-25-56)59-30-34-63(67)35-31-59/h3,20-45,47-48,50-51H,5-6,8-19H2,1-2,4H3. The van der Waals surface area contributed by atoms with Gasteiger partial charge in [0.2, 0.25) is 0 Å². The van der Waals surface area contributed by atoms with Gasteiger partial charge in [-0.05, 0) is 145 Å². The Bertz CT molecular complexity index is 3420. The van der Waals surface area contributed by atoms with Gasteiger partial charge in [0.05, 0.1) is 0 Å². The van der Waals surface area contributed by atoms with Gasteiger partial charge in [-0.2, -0.15) is 0 Å². The van der Waals surface area contributed by atoms with E-state index in [1.807, 2.05) is 0 Å². The van der Waals surface area contributed by atoms with Crippen LogP contribution in [0.4, 0.5) is 0 Å². The molecule has 1 aromatic heterocycles. The minimum Gasteiger partial charge on any atom is -0.452 e. The first-order valence-electron chi connectivity index (χ1n) is 27.5. The molecule has 16 bridgehead atoms. The summed E-state index contributed by atoms with van der Waals surface area (Å²) in [6, 6.07) is 66.5. The van der Waals surface area contributed by atoms with Crippen molar-refractivity contribution < 1.29 is 4.42 Å². The Morgan fingerprint density at radius 2 is 0.622 bits per heavy atom. The van der Waals surface area contributed by atoms with Gasteiger partial charge in [-0.3, -0.25) is 0 Å². The number of hydrogen-bond donors (Lipinski definition) is 0. The summed E-state index contributed by atoms with van der Waals surface area (Å²) in [5.41, 5.74) is 23.0. The summed E-state index contributed by atoms with van der Waals surface area (Å²) in [7, 11) is 0. The lowest BCUT2D eigenvalue weighted by atomic mass is 9.92. The highest BCUT2D eigenvalue weighted by Gasteiger charge is 2.18. The summed E-state index contributed by atoms with van der Waals surface area (Å²) in [5, 5.41) is 0. The molecule has 1 nitrogen and oxygen atoms in total. The highest BCUT2D eigenvalue weighted by molar-refractivity contribution is 5.82. The van der Waals surface area contributed by atoms with Crippen LogP contribution < -0.4 is 0 Å². The molecule has 74 heavy (non-hydrogen) atoms. The smallest absolute Gasteiger partial charge is 0.180 e. The third-order valence-corrected chi connectivity index (χ3v) is 15.3. The van der Waals surface area contributed by atoms with E-state index in [-0.39, 0.29) is 0 Å². The average molecular weight is 961 g/mol. The lowest BCUT2D eigenvalue weighted by Gasteiger charge is -2.12. The minimum absolute atomic E-state index is 0.850. The molecule has 0 unspecified atom stereocenters. The molecule has 31 rings (SSSR count). The second-order valence-corrected chi connectivity index (χ2v) is 20.4. The Morgan fingerprint density at radius 3 is 1.00 bits per heavy atom. The number of hydrogen-bond acceptors (Lipinski definition) is 1. The van der Waals surface area contributed by atoms with Crippen LogP contribution in [0.3, 0.4) is 0 Å². The number of furan rings is 1. The monoisotopic (exact) mass is 961 g/mol. The van der Waals surface area contributed by atoms with Crippen molar-refractivity contribution >= 4 is 0 Å². The van der Waals surface area contributed by atoms with Gasteiger partial charge >= 0.3 is 0 Å². The van der Waals surface area contributed by atoms with E-state index in [4.69, 9.17) is 10.8 Å². The molecule has 0 N–H and O–H groups in total. The Kier molecular flexibility index (Phi) is 16.0. The average Bonchev–Trinajstić information content (AvgIpc) is 3.76. The van der Waals surface area contributed by atoms with E-state index in [1.165, 1.54) is 133 Å². The zero-order valence-corrected chi connectivity index (χ0v) is 43.7. The highest BCUT2D eigenvalue weighted by atomic mass is 16.3. The predicted molar refractivity (Wildman–Crippen MR) is 315 cm³/mol. The van der Waals surface area contributed by atoms with Crippen molar-refractivity contribution in [2.24, 2.45) is 0 Å². The SMILES string of the molecule is C#Cc1cc2ccc1-c1ccc(cc1)-c1ccc(cc1)-c1ccc(cc1)-c1ccc(c(C#Cc3oc(C)c(CCCCCCCC)c3CCCCCCCC)c1)-c1ccc(cc1)-c1ccc(cc1)-c1ccc-2cc1. The van der Waals surface area contributed by atoms with Gasteiger partial charge < -0.3 is 4.42 Å². The van der Waals surface area contributed by atoms with Crippen LogP contribution in [-0.2, 0) is 12.8 Å². The van der Waals surface area contributed by atoms with Gasteiger partial charge in [0.25, 0.3) is 0 Å². The summed E-state index contributed by atoms with van der Waals surface area (Å²) in [6.45, 7) is 6.74. The van der Waals surface area contributed by atoms with E-state index >= 15 is 0 Å². The maximum atomic E-state index is 6.66. The summed E-state index contributed by atoms with van der Waals surface area (Å²) in [4.78, 5) is 0. The molecule has 22 aliphatic rings. The van der Waals surface area contributed by atoms with Gasteiger partial charge in [-0.15, -0.1) is 6.42 Å². The number of aryl methyl sites for hydroxylation is 1. The van der Waals surface area contributed by atoms with Crippen molar-refractivity contribution in [3.63, 3.8) is 0 Å². The zero-order chi connectivity index (χ0) is 50.6. The lowest BCUT2D eigenvalue weighted by molar-refractivity contribution is 0.513. The molecule has 366 valence electrons. The molecule has 0 fully saturated rings. The molecule has 0 saturated carbocycles. The molecular formula is C73H68O. The summed E-state index contributed by atoms with van der Waals surface area (Å²) in [6.07, 6.45) is 23.5. The first kappa shape index (κ1) is 49.7. The van der Waals surface area contributed by atoms with E-state index in [9.17, 15) is 0 Å². The van der Waals surface area contributed by atoms with Gasteiger partial charge in [0.1, 0.15) is 5.76 Å². The normalized spacial score (nSPS) is 11.3. The van der Waals surface area contributed by atoms with E-state index < -0.39 is 0 Å². The number of terminal acetylenes is 1. The first-order valence-corrected chi connectivity index (χ1v) is 27.5. The van der Waals surface area contributed by atoms with Crippen molar-refractivity contribution in [1.29, 1.82) is 0 Å². The third kappa shape index (κ3) is 11.5. The second kappa shape index (κ2) is 23.8. The maximum Gasteiger partial charge on any atom is 0.180 e. The van der Waals surface area contributed by atoms with Crippen molar-refractivity contribution in [2.45, 2.75) is 111 Å². The number of rotatable bonds is 14. The van der Waals surface area contributed by atoms with Gasteiger partial charge in [-0.1, -0.05) is 260 Å². The van der Waals surface area contributed by atoms with Crippen LogP contribution >= 0.6 is 0 Å². The Balaban J connectivity index is 1.01. The molecule has 0 saturated heterocycles. The molecule has 22 aliphatic carbocycles. The van der Waals surface area contributed by atoms with E-state index in [0.717, 1.165) is 80.0 Å². The number of benzene rings is 8. The summed E-state index contributed by atoms with van der Waals surface area (Å²) >= 11 is 0. The molecule has 0 atom stereocenters. The highest BCUT2D eigenvalue weighted by Crippen LogP contribution is 2.36. The summed E-state index contributed by atoms with van der Waals surface area (Å²) in [5.74, 6) is 12.2. The van der Waals surface area contributed by atoms with E-state index in [1.54, 1.807) is 0 Å². The van der Waals surface area contributed by atoms with Crippen LogP contribution in [0, 0.1) is 31.1 Å².